The molecule has 3 aromatic rings. The maximum absolute atomic E-state index is 11.9. The van der Waals surface area contributed by atoms with E-state index in [1.54, 1.807) is 0 Å². The van der Waals surface area contributed by atoms with Crippen LogP contribution in [0.1, 0.15) is 63.0 Å². The second-order valence-electron chi connectivity index (χ2n) is 9.03. The maximum Gasteiger partial charge on any atom is 0.273 e. The van der Waals surface area contributed by atoms with E-state index in [0.29, 0.717) is 17.9 Å². The number of carbonyl (C=O) groups is 1. The molecule has 0 radical (unpaired) electrons. The Morgan fingerprint density at radius 1 is 1.25 bits per heavy atom. The number of hydrogen-bond acceptors (Lipinski definition) is 8. The number of hydrogen-bond donors (Lipinski definition) is 4. The smallest absolute Gasteiger partial charge is 0.273 e. The predicted molar refractivity (Wildman–Crippen MR) is 125 cm³/mol. The van der Waals surface area contributed by atoms with Crippen LogP contribution in [0.2, 0.25) is 0 Å². The van der Waals surface area contributed by atoms with Gasteiger partial charge in [0.1, 0.15) is 0 Å². The van der Waals surface area contributed by atoms with Crippen molar-refractivity contribution in [3.63, 3.8) is 0 Å². The van der Waals surface area contributed by atoms with Gasteiger partial charge in [0.2, 0.25) is 5.95 Å². The van der Waals surface area contributed by atoms with Crippen LogP contribution in [0.15, 0.2) is 24.4 Å². The third-order valence-electron chi connectivity index (χ3n) is 5.83. The Kier molecular flexibility index (Phi) is 6.22. The van der Waals surface area contributed by atoms with E-state index in [4.69, 9.17) is 11.5 Å². The van der Waals surface area contributed by atoms with E-state index >= 15 is 0 Å². The lowest BCUT2D eigenvalue weighted by atomic mass is 9.93. The summed E-state index contributed by atoms with van der Waals surface area (Å²) in [6.07, 6.45) is 6.50. The van der Waals surface area contributed by atoms with E-state index in [2.05, 4.69) is 51.0 Å². The number of nitrogens with one attached hydrogen (secondary N) is 2. The Morgan fingerprint density at radius 2 is 2.03 bits per heavy atom. The molecule has 1 aliphatic rings. The molecule has 0 bridgehead atoms. The van der Waals surface area contributed by atoms with Gasteiger partial charge in [0.15, 0.2) is 11.5 Å². The normalized spacial score (nSPS) is 16.0. The zero-order valence-corrected chi connectivity index (χ0v) is 18.7. The highest BCUT2D eigenvalue weighted by molar-refractivity contribution is 5.96. The molecule has 0 unspecified atom stereocenters. The second-order valence-corrected chi connectivity index (χ2v) is 9.03. The molecular formula is C22H31N9O. The second kappa shape index (κ2) is 9.07. The standard InChI is InChI=1S/C22H31N9O/c1-12(2)9-18(13(3)23)26-22-27-21(19(20(24)32)28-29-22)25-15-7-8-17-14(10-15)11-31(30-17)16-5-4-6-16/h7-8,10-13,16,18H,4-6,9,23H2,1-3H3,(H2,24,32)(H2,25,26,27,29)/t13-,18+/m0/s1. The molecule has 10 nitrogen and oxygen atoms in total. The van der Waals surface area contributed by atoms with E-state index in [1.165, 1.54) is 19.3 Å². The van der Waals surface area contributed by atoms with Crippen LogP contribution in [0, 0.1) is 5.92 Å². The minimum absolute atomic E-state index is 0.0259. The number of anilines is 3. The van der Waals surface area contributed by atoms with Gasteiger partial charge in [-0.1, -0.05) is 13.8 Å². The SMILES string of the molecule is CC(C)C[C@@H](Nc1nnc(C(N)=O)c(Nc2ccc3nn(C4CCC4)cc3c2)n1)[C@H](C)N. The summed E-state index contributed by atoms with van der Waals surface area (Å²) < 4.78 is 2.05. The molecule has 0 aliphatic heterocycles. The van der Waals surface area contributed by atoms with E-state index in [-0.39, 0.29) is 23.6 Å². The molecule has 1 fully saturated rings. The number of nitrogens with zero attached hydrogens (tertiary/aromatic N) is 5. The number of aromatic nitrogens is 5. The van der Waals surface area contributed by atoms with Crippen LogP contribution in [0.3, 0.4) is 0 Å². The Morgan fingerprint density at radius 3 is 2.66 bits per heavy atom. The van der Waals surface area contributed by atoms with Crippen molar-refractivity contribution >= 4 is 34.3 Å². The van der Waals surface area contributed by atoms with Gasteiger partial charge in [-0.05, 0) is 56.7 Å². The Balaban J connectivity index is 1.59. The molecule has 1 aliphatic carbocycles. The summed E-state index contributed by atoms with van der Waals surface area (Å²) in [5, 5.41) is 20.1. The highest BCUT2D eigenvalue weighted by Gasteiger charge is 2.21. The molecular weight excluding hydrogens is 406 g/mol. The number of amides is 1. The zero-order valence-electron chi connectivity index (χ0n) is 18.7. The lowest BCUT2D eigenvalue weighted by Gasteiger charge is -2.25. The first-order chi connectivity index (χ1) is 15.3. The topological polar surface area (TPSA) is 150 Å². The Labute approximate surface area is 187 Å². The summed E-state index contributed by atoms with van der Waals surface area (Å²) in [5.74, 6) is 0.276. The van der Waals surface area contributed by atoms with E-state index in [1.807, 2.05) is 29.8 Å². The molecule has 1 amide bonds. The molecule has 170 valence electrons. The zero-order chi connectivity index (χ0) is 22.8. The minimum Gasteiger partial charge on any atom is -0.364 e. The van der Waals surface area contributed by atoms with Crippen molar-refractivity contribution in [1.82, 2.24) is 25.0 Å². The monoisotopic (exact) mass is 437 g/mol. The quantitative estimate of drug-likeness (QED) is 0.399. The number of fused-ring (bicyclic) bond motifs is 1. The first-order valence-corrected chi connectivity index (χ1v) is 11.1. The van der Waals surface area contributed by atoms with Gasteiger partial charge < -0.3 is 22.1 Å². The van der Waals surface area contributed by atoms with Crippen molar-refractivity contribution < 1.29 is 4.79 Å². The summed E-state index contributed by atoms with van der Waals surface area (Å²) in [4.78, 5) is 16.4. The summed E-state index contributed by atoms with van der Waals surface area (Å²) in [6.45, 7) is 6.19. The highest BCUT2D eigenvalue weighted by atomic mass is 16.1. The number of rotatable bonds is 9. The van der Waals surface area contributed by atoms with Gasteiger partial charge in [-0.2, -0.15) is 10.1 Å². The molecule has 1 saturated carbocycles. The lowest BCUT2D eigenvalue weighted by Crippen LogP contribution is -2.39. The first-order valence-electron chi connectivity index (χ1n) is 11.1. The van der Waals surface area contributed by atoms with Crippen molar-refractivity contribution in [1.29, 1.82) is 0 Å². The first kappa shape index (κ1) is 21.9. The van der Waals surface area contributed by atoms with Gasteiger partial charge in [0.05, 0.1) is 11.6 Å². The average Bonchev–Trinajstić information content (AvgIpc) is 3.08. The van der Waals surface area contributed by atoms with Crippen LogP contribution >= 0.6 is 0 Å². The summed E-state index contributed by atoms with van der Waals surface area (Å²) >= 11 is 0. The molecule has 1 aromatic carbocycles. The third-order valence-corrected chi connectivity index (χ3v) is 5.83. The molecule has 0 spiro atoms. The largest absolute Gasteiger partial charge is 0.364 e. The van der Waals surface area contributed by atoms with Crippen LogP contribution < -0.4 is 22.1 Å². The van der Waals surface area contributed by atoms with Crippen LogP contribution in [0.5, 0.6) is 0 Å². The van der Waals surface area contributed by atoms with E-state index in [0.717, 1.165) is 23.0 Å². The molecule has 10 heteroatoms. The van der Waals surface area contributed by atoms with E-state index < -0.39 is 5.91 Å². The van der Waals surface area contributed by atoms with Gasteiger partial charge in [-0.3, -0.25) is 9.48 Å². The van der Waals surface area contributed by atoms with Gasteiger partial charge in [0.25, 0.3) is 5.91 Å². The van der Waals surface area contributed by atoms with Crippen LogP contribution in [0.25, 0.3) is 10.9 Å². The van der Waals surface area contributed by atoms with Gasteiger partial charge in [-0.25, -0.2) is 0 Å². The van der Waals surface area contributed by atoms with Gasteiger partial charge in [0, 0.05) is 29.4 Å². The molecule has 2 aromatic heterocycles. The van der Waals surface area contributed by atoms with Crippen LogP contribution in [-0.2, 0) is 0 Å². The summed E-state index contributed by atoms with van der Waals surface area (Å²) in [5.41, 5.74) is 13.3. The Hall–Kier alpha value is -3.27. The van der Waals surface area contributed by atoms with Crippen molar-refractivity contribution in [2.75, 3.05) is 10.6 Å². The highest BCUT2D eigenvalue weighted by Crippen LogP contribution is 2.32. The fraction of sp³-hybridized carbons (Fsp3) is 0.500. The predicted octanol–water partition coefficient (Wildman–Crippen LogP) is 2.96. The molecule has 2 heterocycles. The Bertz CT molecular complexity index is 1100. The molecule has 6 N–H and O–H groups in total. The maximum atomic E-state index is 11.9. The summed E-state index contributed by atoms with van der Waals surface area (Å²) in [7, 11) is 0. The van der Waals surface area contributed by atoms with Crippen molar-refractivity contribution in [3.8, 4) is 0 Å². The van der Waals surface area contributed by atoms with Gasteiger partial charge in [-0.15, -0.1) is 10.2 Å². The summed E-state index contributed by atoms with van der Waals surface area (Å²) in [6, 6.07) is 6.16. The van der Waals surface area contributed by atoms with Crippen molar-refractivity contribution in [2.24, 2.45) is 17.4 Å². The number of nitrogens with two attached hydrogens (primary N) is 2. The third kappa shape index (κ3) is 4.80. The van der Waals surface area contributed by atoms with Crippen LogP contribution in [0.4, 0.5) is 17.5 Å². The number of primary amides is 1. The molecule has 0 saturated heterocycles. The van der Waals surface area contributed by atoms with Crippen molar-refractivity contribution in [2.45, 2.75) is 64.6 Å². The molecule has 32 heavy (non-hydrogen) atoms. The van der Waals surface area contributed by atoms with Crippen molar-refractivity contribution in [3.05, 3.63) is 30.1 Å². The van der Waals surface area contributed by atoms with Crippen LogP contribution in [-0.4, -0.2) is 43.0 Å². The number of carbonyl (C=O) groups excluding carboxylic acids is 1. The fourth-order valence-electron chi connectivity index (χ4n) is 3.82. The van der Waals surface area contributed by atoms with Gasteiger partial charge >= 0.3 is 0 Å². The number of benzene rings is 1. The lowest BCUT2D eigenvalue weighted by molar-refractivity contribution is 0.0995. The average molecular weight is 438 g/mol. The fourth-order valence-corrected chi connectivity index (χ4v) is 3.82. The minimum atomic E-state index is -0.705. The van der Waals surface area contributed by atoms with E-state index in [9.17, 15) is 4.79 Å². The molecule has 4 rings (SSSR count). The molecule has 2 atom stereocenters.